The molecule has 0 saturated heterocycles. The van der Waals surface area contributed by atoms with Crippen molar-refractivity contribution in [3.05, 3.63) is 71.3 Å². The van der Waals surface area contributed by atoms with Crippen molar-refractivity contribution in [2.45, 2.75) is 30.2 Å². The van der Waals surface area contributed by atoms with Crippen molar-refractivity contribution in [2.75, 3.05) is 0 Å². The molecule has 3 aromatic carbocycles. The van der Waals surface area contributed by atoms with Crippen LogP contribution in [0.4, 0.5) is 0 Å². The molecule has 0 aromatic heterocycles. The molecule has 0 bridgehead atoms. The maximum Gasteiger partial charge on any atom is 0.0201 e. The first-order valence-electron chi connectivity index (χ1n) is 7.15. The summed E-state index contributed by atoms with van der Waals surface area (Å²) in [5.41, 5.74) is 9.67. The van der Waals surface area contributed by atoms with Gasteiger partial charge in [-0.05, 0) is 53.4 Å². The Kier molecular flexibility index (Phi) is 4.00. The van der Waals surface area contributed by atoms with Gasteiger partial charge in [-0.25, -0.2) is 0 Å². The molecule has 3 rings (SSSR count). The Morgan fingerprint density at radius 2 is 1.62 bits per heavy atom. The van der Waals surface area contributed by atoms with Crippen molar-refractivity contribution in [3.8, 4) is 0 Å². The summed E-state index contributed by atoms with van der Waals surface area (Å²) in [5, 5.41) is 2.54. The monoisotopic (exact) mass is 293 g/mol. The minimum Gasteiger partial charge on any atom is -0.326 e. The van der Waals surface area contributed by atoms with E-state index in [1.54, 1.807) is 0 Å². The molecule has 3 aromatic rings. The fourth-order valence-corrected chi connectivity index (χ4v) is 3.67. The second-order valence-corrected chi connectivity index (χ2v) is 6.43. The summed E-state index contributed by atoms with van der Waals surface area (Å²) in [6.07, 6.45) is 0. The number of fused-ring (bicyclic) bond motifs is 1. The van der Waals surface area contributed by atoms with Crippen molar-refractivity contribution in [2.24, 2.45) is 5.73 Å². The Balaban J connectivity index is 2.11. The molecule has 0 atom stereocenters. The molecule has 0 unspecified atom stereocenters. The van der Waals surface area contributed by atoms with Crippen LogP contribution in [-0.2, 0) is 6.54 Å². The molecule has 0 aliphatic heterocycles. The first-order chi connectivity index (χ1) is 10.2. The first-order valence-corrected chi connectivity index (χ1v) is 7.96. The van der Waals surface area contributed by atoms with Crippen molar-refractivity contribution in [1.82, 2.24) is 0 Å². The average Bonchev–Trinajstić information content (AvgIpc) is 2.51. The maximum absolute atomic E-state index is 5.86. The topological polar surface area (TPSA) is 26.0 Å². The number of rotatable bonds is 3. The van der Waals surface area contributed by atoms with Gasteiger partial charge in [-0.3, -0.25) is 0 Å². The van der Waals surface area contributed by atoms with Crippen LogP contribution in [0.2, 0.25) is 0 Å². The minimum absolute atomic E-state index is 0.578. The lowest BCUT2D eigenvalue weighted by molar-refractivity contribution is 1.08. The van der Waals surface area contributed by atoms with Crippen LogP contribution in [0.25, 0.3) is 10.8 Å². The van der Waals surface area contributed by atoms with E-state index in [1.165, 1.54) is 37.3 Å². The molecule has 2 heteroatoms. The second kappa shape index (κ2) is 5.92. The van der Waals surface area contributed by atoms with Gasteiger partial charge in [0.2, 0.25) is 0 Å². The maximum atomic E-state index is 5.86. The molecule has 0 heterocycles. The number of nitrogens with two attached hydrogens (primary N) is 1. The fourth-order valence-electron chi connectivity index (χ4n) is 2.54. The van der Waals surface area contributed by atoms with Gasteiger partial charge in [0, 0.05) is 16.3 Å². The van der Waals surface area contributed by atoms with E-state index in [9.17, 15) is 0 Å². The van der Waals surface area contributed by atoms with Gasteiger partial charge < -0.3 is 5.73 Å². The highest BCUT2D eigenvalue weighted by Crippen LogP contribution is 2.36. The van der Waals surface area contributed by atoms with Gasteiger partial charge in [0.15, 0.2) is 0 Å². The number of aryl methyl sites for hydroxylation is 2. The molecule has 0 amide bonds. The first kappa shape index (κ1) is 14.2. The van der Waals surface area contributed by atoms with Gasteiger partial charge in [-0.15, -0.1) is 0 Å². The zero-order valence-corrected chi connectivity index (χ0v) is 13.2. The zero-order chi connectivity index (χ0) is 14.8. The molecule has 0 aliphatic carbocycles. The van der Waals surface area contributed by atoms with E-state index < -0.39 is 0 Å². The lowest BCUT2D eigenvalue weighted by Crippen LogP contribution is -1.97. The third-order valence-electron chi connectivity index (χ3n) is 3.76. The van der Waals surface area contributed by atoms with E-state index >= 15 is 0 Å². The van der Waals surface area contributed by atoms with Gasteiger partial charge in [-0.2, -0.15) is 0 Å². The Bertz CT molecular complexity index is 793. The fraction of sp³-hybridized carbons (Fsp3) is 0.158. The summed E-state index contributed by atoms with van der Waals surface area (Å²) in [4.78, 5) is 2.61. The van der Waals surface area contributed by atoms with Gasteiger partial charge in [0.25, 0.3) is 0 Å². The quantitative estimate of drug-likeness (QED) is 0.730. The van der Waals surface area contributed by atoms with Crippen LogP contribution in [0.5, 0.6) is 0 Å². The van der Waals surface area contributed by atoms with Crippen LogP contribution < -0.4 is 5.73 Å². The summed E-state index contributed by atoms with van der Waals surface area (Å²) in [6, 6.07) is 19.5. The lowest BCUT2D eigenvalue weighted by atomic mass is 10.0. The van der Waals surface area contributed by atoms with Gasteiger partial charge in [0.1, 0.15) is 0 Å². The van der Waals surface area contributed by atoms with E-state index in [4.69, 9.17) is 5.73 Å². The van der Waals surface area contributed by atoms with E-state index in [0.717, 1.165) is 0 Å². The molecular weight excluding hydrogens is 274 g/mol. The summed E-state index contributed by atoms with van der Waals surface area (Å²) in [6.45, 7) is 4.88. The zero-order valence-electron chi connectivity index (χ0n) is 12.4. The summed E-state index contributed by atoms with van der Waals surface area (Å²) in [7, 11) is 0. The Hall–Kier alpha value is -1.77. The molecule has 0 fully saturated rings. The molecule has 1 nitrogen and oxygen atoms in total. The van der Waals surface area contributed by atoms with Crippen LogP contribution in [-0.4, -0.2) is 0 Å². The number of hydrogen-bond acceptors (Lipinski definition) is 2. The Morgan fingerprint density at radius 1 is 0.857 bits per heavy atom. The van der Waals surface area contributed by atoms with Crippen LogP contribution in [0, 0.1) is 13.8 Å². The predicted molar refractivity (Wildman–Crippen MR) is 91.9 cm³/mol. The Morgan fingerprint density at radius 3 is 2.38 bits per heavy atom. The second-order valence-electron chi connectivity index (χ2n) is 5.34. The van der Waals surface area contributed by atoms with Crippen molar-refractivity contribution >= 4 is 22.5 Å². The molecule has 0 radical (unpaired) electrons. The molecule has 0 saturated carbocycles. The number of hydrogen-bond donors (Lipinski definition) is 1. The highest BCUT2D eigenvalue weighted by Gasteiger charge is 2.08. The summed E-state index contributed by atoms with van der Waals surface area (Å²) < 4.78 is 0. The van der Waals surface area contributed by atoms with Gasteiger partial charge in [0.05, 0.1) is 0 Å². The van der Waals surface area contributed by atoms with Crippen LogP contribution >= 0.6 is 11.8 Å². The van der Waals surface area contributed by atoms with Crippen molar-refractivity contribution in [1.29, 1.82) is 0 Å². The molecular formula is C19H19NS. The minimum atomic E-state index is 0.578. The predicted octanol–water partition coefficient (Wildman–Crippen LogP) is 5.07. The molecule has 0 aliphatic rings. The standard InChI is InChI=1S/C19H19NS/c1-13-7-8-14(2)19(11-13)21-18-10-9-15(12-20)16-5-3-4-6-17(16)18/h3-11H,12,20H2,1-2H3. The number of benzene rings is 3. The summed E-state index contributed by atoms with van der Waals surface area (Å²) >= 11 is 1.84. The smallest absolute Gasteiger partial charge is 0.0201 e. The van der Waals surface area contributed by atoms with E-state index in [-0.39, 0.29) is 0 Å². The highest BCUT2D eigenvalue weighted by atomic mass is 32.2. The van der Waals surface area contributed by atoms with E-state index in [0.29, 0.717) is 6.54 Å². The molecule has 21 heavy (non-hydrogen) atoms. The van der Waals surface area contributed by atoms with Crippen LogP contribution in [0.15, 0.2) is 64.4 Å². The SMILES string of the molecule is Cc1ccc(C)c(Sc2ccc(CN)c3ccccc23)c1. The van der Waals surface area contributed by atoms with Crippen molar-refractivity contribution < 1.29 is 0 Å². The lowest BCUT2D eigenvalue weighted by Gasteiger charge is -2.12. The summed E-state index contributed by atoms with van der Waals surface area (Å²) in [5.74, 6) is 0. The molecule has 106 valence electrons. The third kappa shape index (κ3) is 2.82. The van der Waals surface area contributed by atoms with Crippen LogP contribution in [0.3, 0.4) is 0 Å². The van der Waals surface area contributed by atoms with Gasteiger partial charge >= 0.3 is 0 Å². The highest BCUT2D eigenvalue weighted by molar-refractivity contribution is 7.99. The average molecular weight is 293 g/mol. The molecule has 0 spiro atoms. The van der Waals surface area contributed by atoms with Gasteiger partial charge in [-0.1, -0.05) is 54.2 Å². The van der Waals surface area contributed by atoms with E-state index in [2.05, 4.69) is 68.4 Å². The van der Waals surface area contributed by atoms with Crippen molar-refractivity contribution in [3.63, 3.8) is 0 Å². The van der Waals surface area contributed by atoms with E-state index in [1.807, 2.05) is 11.8 Å². The Labute approximate surface area is 130 Å². The largest absolute Gasteiger partial charge is 0.326 e. The normalized spacial score (nSPS) is 11.0. The van der Waals surface area contributed by atoms with Crippen LogP contribution in [0.1, 0.15) is 16.7 Å². The third-order valence-corrected chi connectivity index (χ3v) is 4.99. The molecule has 2 N–H and O–H groups in total.